The Bertz CT molecular complexity index is 549. The molecule has 0 aliphatic rings. The van der Waals surface area contributed by atoms with E-state index in [1.807, 2.05) is 0 Å². The number of carbonyl (C=O) groups excluding carboxylic acids is 1. The first-order chi connectivity index (χ1) is 7.59. The van der Waals surface area contributed by atoms with E-state index in [9.17, 15) is 4.79 Å². The van der Waals surface area contributed by atoms with Crippen molar-refractivity contribution < 1.29 is 4.79 Å². The van der Waals surface area contributed by atoms with Crippen LogP contribution in [-0.4, -0.2) is 15.6 Å². The second-order valence-corrected chi connectivity index (χ2v) is 4.11. The van der Waals surface area contributed by atoms with Gasteiger partial charge in [0.15, 0.2) is 0 Å². The highest BCUT2D eigenvalue weighted by atomic mass is 35.5. The normalized spacial score (nSPS) is 10.4. The van der Waals surface area contributed by atoms with Crippen molar-refractivity contribution in [1.82, 2.24) is 9.78 Å². The number of hydrogen-bond acceptors (Lipinski definition) is 2. The molecule has 0 amide bonds. The van der Waals surface area contributed by atoms with E-state index in [0.29, 0.717) is 21.3 Å². The maximum absolute atomic E-state index is 12.0. The number of carbonyl (C=O) groups is 1. The number of ketones is 1. The van der Waals surface area contributed by atoms with Gasteiger partial charge in [-0.25, -0.2) is 0 Å². The fourth-order valence-corrected chi connectivity index (χ4v) is 1.68. The molecule has 0 saturated heterocycles. The molecular weight excluding hydrogens is 247 g/mol. The predicted octanol–water partition coefficient (Wildman–Crippen LogP) is 2.96. The number of aryl methyl sites for hydroxylation is 1. The lowest BCUT2D eigenvalue weighted by molar-refractivity contribution is 0.103. The van der Waals surface area contributed by atoms with E-state index < -0.39 is 0 Å². The number of aromatic nitrogens is 2. The third kappa shape index (κ3) is 1.96. The lowest BCUT2D eigenvalue weighted by Crippen LogP contribution is -2.08. The molecule has 1 aromatic heterocycles. The highest BCUT2D eigenvalue weighted by molar-refractivity contribution is 6.42. The molecule has 5 heteroatoms. The van der Waals surface area contributed by atoms with Gasteiger partial charge in [0, 0.05) is 18.8 Å². The summed E-state index contributed by atoms with van der Waals surface area (Å²) >= 11 is 11.6. The zero-order chi connectivity index (χ0) is 11.7. The van der Waals surface area contributed by atoms with Crippen LogP contribution in [0.4, 0.5) is 0 Å². The molecule has 2 aromatic rings. The molecule has 0 saturated carbocycles. The van der Waals surface area contributed by atoms with E-state index in [4.69, 9.17) is 23.2 Å². The summed E-state index contributed by atoms with van der Waals surface area (Å²) in [6.07, 6.45) is 1.57. The zero-order valence-corrected chi connectivity index (χ0v) is 9.96. The topological polar surface area (TPSA) is 34.9 Å². The number of halogens is 2. The fourth-order valence-electron chi connectivity index (χ4n) is 1.38. The van der Waals surface area contributed by atoms with Crippen LogP contribution in [0.15, 0.2) is 30.5 Å². The molecule has 16 heavy (non-hydrogen) atoms. The lowest BCUT2D eigenvalue weighted by atomic mass is 10.1. The molecule has 1 aromatic carbocycles. The van der Waals surface area contributed by atoms with Gasteiger partial charge in [0.2, 0.25) is 5.78 Å². The number of rotatable bonds is 2. The number of benzene rings is 1. The summed E-state index contributed by atoms with van der Waals surface area (Å²) in [5.41, 5.74) is 1.01. The minimum atomic E-state index is -0.126. The average Bonchev–Trinajstić information content (AvgIpc) is 2.67. The van der Waals surface area contributed by atoms with Gasteiger partial charge in [-0.15, -0.1) is 0 Å². The minimum Gasteiger partial charge on any atom is -0.287 e. The molecule has 0 aliphatic heterocycles. The molecule has 1 heterocycles. The monoisotopic (exact) mass is 254 g/mol. The van der Waals surface area contributed by atoms with Crippen molar-refractivity contribution in [2.24, 2.45) is 7.05 Å². The van der Waals surface area contributed by atoms with Crippen LogP contribution in [0, 0.1) is 0 Å². The van der Waals surface area contributed by atoms with Crippen molar-refractivity contribution in [2.45, 2.75) is 0 Å². The van der Waals surface area contributed by atoms with E-state index in [2.05, 4.69) is 5.10 Å². The SMILES string of the molecule is Cn1nccc1C(=O)c1ccc(Cl)c(Cl)c1. The average molecular weight is 255 g/mol. The van der Waals surface area contributed by atoms with Crippen LogP contribution in [0.2, 0.25) is 10.0 Å². The summed E-state index contributed by atoms with van der Waals surface area (Å²) in [6.45, 7) is 0. The van der Waals surface area contributed by atoms with Crippen LogP contribution in [0.5, 0.6) is 0 Å². The molecule has 0 spiro atoms. The first-order valence-electron chi connectivity index (χ1n) is 4.57. The van der Waals surface area contributed by atoms with Gasteiger partial charge in [0.1, 0.15) is 5.69 Å². The van der Waals surface area contributed by atoms with Crippen molar-refractivity contribution in [3.8, 4) is 0 Å². The molecular formula is C11H8Cl2N2O. The predicted molar refractivity (Wildman–Crippen MR) is 63.1 cm³/mol. The van der Waals surface area contributed by atoms with E-state index in [1.54, 1.807) is 37.5 Å². The van der Waals surface area contributed by atoms with Crippen LogP contribution in [-0.2, 0) is 7.05 Å². The van der Waals surface area contributed by atoms with Gasteiger partial charge in [0.05, 0.1) is 10.0 Å². The van der Waals surface area contributed by atoms with Gasteiger partial charge in [-0.1, -0.05) is 23.2 Å². The van der Waals surface area contributed by atoms with Crippen LogP contribution in [0.25, 0.3) is 0 Å². The van der Waals surface area contributed by atoms with Crippen molar-refractivity contribution in [1.29, 1.82) is 0 Å². The Morgan fingerprint density at radius 1 is 1.25 bits per heavy atom. The second kappa shape index (κ2) is 4.28. The number of hydrogen-bond donors (Lipinski definition) is 0. The minimum absolute atomic E-state index is 0.126. The molecule has 3 nitrogen and oxygen atoms in total. The molecule has 82 valence electrons. The smallest absolute Gasteiger partial charge is 0.211 e. The van der Waals surface area contributed by atoms with E-state index in [0.717, 1.165) is 0 Å². The van der Waals surface area contributed by atoms with Crippen LogP contribution in [0.1, 0.15) is 16.1 Å². The van der Waals surface area contributed by atoms with Gasteiger partial charge in [-0.05, 0) is 24.3 Å². The Hall–Kier alpha value is -1.32. The van der Waals surface area contributed by atoms with Gasteiger partial charge < -0.3 is 0 Å². The summed E-state index contributed by atoms with van der Waals surface area (Å²) in [7, 11) is 1.71. The first-order valence-corrected chi connectivity index (χ1v) is 5.33. The Labute approximate surface area is 103 Å². The largest absolute Gasteiger partial charge is 0.287 e. The van der Waals surface area contributed by atoms with Crippen molar-refractivity contribution >= 4 is 29.0 Å². The summed E-state index contributed by atoms with van der Waals surface area (Å²) in [5, 5.41) is 4.74. The van der Waals surface area contributed by atoms with E-state index >= 15 is 0 Å². The maximum Gasteiger partial charge on any atom is 0.211 e. The highest BCUT2D eigenvalue weighted by Gasteiger charge is 2.13. The molecule has 0 fully saturated rings. The highest BCUT2D eigenvalue weighted by Crippen LogP contribution is 2.23. The fraction of sp³-hybridized carbons (Fsp3) is 0.0909. The molecule has 0 unspecified atom stereocenters. The molecule has 0 atom stereocenters. The molecule has 0 N–H and O–H groups in total. The molecule has 2 rings (SSSR count). The quantitative estimate of drug-likeness (QED) is 0.773. The third-order valence-corrected chi connectivity index (χ3v) is 2.97. The van der Waals surface area contributed by atoms with E-state index in [-0.39, 0.29) is 5.78 Å². The Morgan fingerprint density at radius 3 is 2.56 bits per heavy atom. The summed E-state index contributed by atoms with van der Waals surface area (Å²) < 4.78 is 1.52. The van der Waals surface area contributed by atoms with Crippen molar-refractivity contribution in [3.63, 3.8) is 0 Å². The van der Waals surface area contributed by atoms with E-state index in [1.165, 1.54) is 4.68 Å². The summed E-state index contributed by atoms with van der Waals surface area (Å²) in [4.78, 5) is 12.0. The van der Waals surface area contributed by atoms with Crippen LogP contribution < -0.4 is 0 Å². The molecule has 0 radical (unpaired) electrons. The zero-order valence-electron chi connectivity index (χ0n) is 8.45. The van der Waals surface area contributed by atoms with Gasteiger partial charge in [0.25, 0.3) is 0 Å². The van der Waals surface area contributed by atoms with Crippen molar-refractivity contribution in [3.05, 3.63) is 51.8 Å². The van der Waals surface area contributed by atoms with Gasteiger partial charge in [-0.3, -0.25) is 9.48 Å². The summed E-state index contributed by atoms with van der Waals surface area (Å²) in [5.74, 6) is -0.126. The first kappa shape index (κ1) is 11.2. The van der Waals surface area contributed by atoms with Gasteiger partial charge >= 0.3 is 0 Å². The van der Waals surface area contributed by atoms with Gasteiger partial charge in [-0.2, -0.15) is 5.10 Å². The maximum atomic E-state index is 12.0. The molecule has 0 aliphatic carbocycles. The van der Waals surface area contributed by atoms with Crippen LogP contribution >= 0.6 is 23.2 Å². The Morgan fingerprint density at radius 2 is 2.00 bits per heavy atom. The van der Waals surface area contributed by atoms with Crippen LogP contribution in [0.3, 0.4) is 0 Å². The standard InChI is InChI=1S/C11H8Cl2N2O/c1-15-10(4-5-14-15)11(16)7-2-3-8(12)9(13)6-7/h2-6H,1H3. The Kier molecular flexibility index (Phi) is 2.99. The third-order valence-electron chi connectivity index (χ3n) is 2.24. The van der Waals surface area contributed by atoms with Crippen molar-refractivity contribution in [2.75, 3.05) is 0 Å². The lowest BCUT2D eigenvalue weighted by Gasteiger charge is -2.02. The summed E-state index contributed by atoms with van der Waals surface area (Å²) in [6, 6.07) is 6.46. The second-order valence-electron chi connectivity index (χ2n) is 3.30. The Balaban J connectivity index is 2.42. The number of nitrogens with zero attached hydrogens (tertiary/aromatic N) is 2. The molecule has 0 bridgehead atoms.